The zero-order valence-corrected chi connectivity index (χ0v) is 16.7. The van der Waals surface area contributed by atoms with Gasteiger partial charge in [0, 0.05) is 61.2 Å². The third kappa shape index (κ3) is 4.49. The van der Waals surface area contributed by atoms with Crippen molar-refractivity contribution in [2.75, 3.05) is 13.7 Å². The van der Waals surface area contributed by atoms with E-state index in [9.17, 15) is 9.18 Å². The molecular weight excluding hydrogens is 381 g/mol. The maximum absolute atomic E-state index is 13.5. The third-order valence-electron chi connectivity index (χ3n) is 5.20. The van der Waals surface area contributed by atoms with Crippen LogP contribution in [-0.4, -0.2) is 35.2 Å². The van der Waals surface area contributed by atoms with Crippen LogP contribution in [0.3, 0.4) is 0 Å². The fourth-order valence-electron chi connectivity index (χ4n) is 3.78. The molecule has 0 unspecified atom stereocenters. The standard InChI is InChI=1S/C24H22FN3O2/c1-30-15-19(16-5-3-2-4-6-16)10-21(29)12-20-9-18-13-28-24(22(18)14-27-20)17-7-8-26-23(25)11-17/h2-9,11,14,19H,10,12-13,15H2,1H3/t19-/m0/s1. The van der Waals surface area contributed by atoms with Crippen LogP contribution in [0.2, 0.25) is 0 Å². The summed E-state index contributed by atoms with van der Waals surface area (Å²) >= 11 is 0. The topological polar surface area (TPSA) is 64.4 Å². The third-order valence-corrected chi connectivity index (χ3v) is 5.20. The molecule has 0 amide bonds. The summed E-state index contributed by atoms with van der Waals surface area (Å²) in [6.07, 6.45) is 3.81. The quantitative estimate of drug-likeness (QED) is 0.535. The van der Waals surface area contributed by atoms with Crippen LogP contribution < -0.4 is 0 Å². The van der Waals surface area contributed by atoms with Gasteiger partial charge >= 0.3 is 0 Å². The predicted octanol–water partition coefficient (Wildman–Crippen LogP) is 3.90. The summed E-state index contributed by atoms with van der Waals surface area (Å²) in [7, 11) is 1.65. The number of aliphatic imine (C=N–C) groups is 1. The minimum Gasteiger partial charge on any atom is -0.384 e. The second-order valence-electron chi connectivity index (χ2n) is 7.35. The molecule has 0 spiro atoms. The van der Waals surface area contributed by atoms with E-state index in [1.165, 1.54) is 12.3 Å². The zero-order chi connectivity index (χ0) is 20.9. The van der Waals surface area contributed by atoms with E-state index in [4.69, 9.17) is 4.74 Å². The van der Waals surface area contributed by atoms with Crippen molar-refractivity contribution in [1.29, 1.82) is 0 Å². The number of Topliss-reactive ketones (excluding diaryl/α,β-unsaturated/α-hetero) is 1. The molecular formula is C24H22FN3O2. The van der Waals surface area contributed by atoms with E-state index < -0.39 is 5.95 Å². The number of carbonyl (C=O) groups is 1. The average molecular weight is 403 g/mol. The Morgan fingerprint density at radius 1 is 1.17 bits per heavy atom. The van der Waals surface area contributed by atoms with Gasteiger partial charge in [-0.1, -0.05) is 30.3 Å². The number of hydrogen-bond donors (Lipinski definition) is 0. The van der Waals surface area contributed by atoms with E-state index in [2.05, 4.69) is 15.0 Å². The molecule has 0 saturated carbocycles. The highest BCUT2D eigenvalue weighted by Gasteiger charge is 2.21. The van der Waals surface area contributed by atoms with E-state index >= 15 is 0 Å². The highest BCUT2D eigenvalue weighted by molar-refractivity contribution is 6.14. The lowest BCUT2D eigenvalue weighted by Gasteiger charge is -2.15. The Hall–Kier alpha value is -3.25. The minimum atomic E-state index is -0.539. The van der Waals surface area contributed by atoms with Gasteiger partial charge in [0.05, 0.1) is 18.9 Å². The fourth-order valence-corrected chi connectivity index (χ4v) is 3.78. The van der Waals surface area contributed by atoms with Crippen LogP contribution in [0.5, 0.6) is 0 Å². The first-order valence-electron chi connectivity index (χ1n) is 9.84. The van der Waals surface area contributed by atoms with E-state index in [1.807, 2.05) is 36.4 Å². The average Bonchev–Trinajstić information content (AvgIpc) is 3.17. The fraction of sp³-hybridized carbons (Fsp3) is 0.250. The van der Waals surface area contributed by atoms with Gasteiger partial charge in [-0.2, -0.15) is 4.39 Å². The van der Waals surface area contributed by atoms with Crippen LogP contribution in [0.25, 0.3) is 0 Å². The predicted molar refractivity (Wildman–Crippen MR) is 112 cm³/mol. The first kappa shape index (κ1) is 20.0. The number of ketones is 1. The SMILES string of the molecule is COC[C@H](CC(=O)Cc1cc2c(cn1)C(c1ccnc(F)c1)=NC2)c1ccccc1. The lowest BCUT2D eigenvalue weighted by atomic mass is 9.93. The van der Waals surface area contributed by atoms with Crippen molar-refractivity contribution in [2.45, 2.75) is 25.3 Å². The summed E-state index contributed by atoms with van der Waals surface area (Å²) in [6.45, 7) is 0.988. The summed E-state index contributed by atoms with van der Waals surface area (Å²) in [5.41, 5.74) is 5.07. The molecule has 0 N–H and O–H groups in total. The van der Waals surface area contributed by atoms with Crippen LogP contribution in [0, 0.1) is 5.95 Å². The van der Waals surface area contributed by atoms with Gasteiger partial charge in [0.15, 0.2) is 0 Å². The number of aromatic nitrogens is 2. The number of pyridine rings is 2. The lowest BCUT2D eigenvalue weighted by Crippen LogP contribution is -2.14. The molecule has 3 aromatic rings. The Bertz CT molecular complexity index is 1080. The monoisotopic (exact) mass is 403 g/mol. The first-order chi connectivity index (χ1) is 14.6. The Labute approximate surface area is 174 Å². The number of halogens is 1. The molecule has 6 heteroatoms. The largest absolute Gasteiger partial charge is 0.384 e. The number of fused-ring (bicyclic) bond motifs is 1. The number of benzene rings is 1. The van der Waals surface area contributed by atoms with Gasteiger partial charge in [0.1, 0.15) is 5.78 Å². The maximum atomic E-state index is 13.5. The molecule has 0 saturated heterocycles. The number of rotatable bonds is 8. The van der Waals surface area contributed by atoms with Gasteiger partial charge < -0.3 is 4.74 Å². The summed E-state index contributed by atoms with van der Waals surface area (Å²) in [5, 5.41) is 0. The van der Waals surface area contributed by atoms with Crippen molar-refractivity contribution in [3.63, 3.8) is 0 Å². The molecule has 4 rings (SSSR count). The number of hydrogen-bond acceptors (Lipinski definition) is 5. The molecule has 5 nitrogen and oxygen atoms in total. The molecule has 1 aliphatic heterocycles. The van der Waals surface area contributed by atoms with Crippen LogP contribution >= 0.6 is 0 Å². The second kappa shape index (κ2) is 9.05. The summed E-state index contributed by atoms with van der Waals surface area (Å²) in [5.74, 6) is -0.402. The minimum absolute atomic E-state index is 0.0228. The van der Waals surface area contributed by atoms with Gasteiger partial charge in [-0.15, -0.1) is 0 Å². The van der Waals surface area contributed by atoms with Crippen molar-refractivity contribution in [3.05, 3.63) is 94.8 Å². The van der Waals surface area contributed by atoms with Crippen molar-refractivity contribution in [1.82, 2.24) is 9.97 Å². The molecule has 3 heterocycles. The molecule has 1 aromatic carbocycles. The van der Waals surface area contributed by atoms with Crippen LogP contribution in [-0.2, 0) is 22.5 Å². The lowest BCUT2D eigenvalue weighted by molar-refractivity contribution is -0.119. The van der Waals surface area contributed by atoms with E-state index in [0.717, 1.165) is 22.4 Å². The van der Waals surface area contributed by atoms with Crippen molar-refractivity contribution < 1.29 is 13.9 Å². The molecule has 30 heavy (non-hydrogen) atoms. The maximum Gasteiger partial charge on any atom is 0.213 e. The second-order valence-corrected chi connectivity index (χ2v) is 7.35. The van der Waals surface area contributed by atoms with E-state index in [0.29, 0.717) is 30.8 Å². The number of carbonyl (C=O) groups excluding carboxylic acids is 1. The Morgan fingerprint density at radius 3 is 2.77 bits per heavy atom. The van der Waals surface area contributed by atoms with Crippen LogP contribution in [0.15, 0.2) is 65.9 Å². The summed E-state index contributed by atoms with van der Waals surface area (Å²) < 4.78 is 18.8. The Morgan fingerprint density at radius 2 is 2.00 bits per heavy atom. The molecule has 152 valence electrons. The summed E-state index contributed by atoms with van der Waals surface area (Å²) in [6, 6.07) is 15.0. The molecule has 1 aliphatic rings. The first-order valence-corrected chi connectivity index (χ1v) is 9.84. The normalized spacial score (nSPS) is 13.6. The van der Waals surface area contributed by atoms with Crippen LogP contribution in [0.4, 0.5) is 4.39 Å². The Balaban J connectivity index is 1.46. The molecule has 0 bridgehead atoms. The molecule has 0 aliphatic carbocycles. The van der Waals surface area contributed by atoms with Gasteiger partial charge in [0.25, 0.3) is 0 Å². The molecule has 0 fully saturated rings. The van der Waals surface area contributed by atoms with Crippen molar-refractivity contribution in [3.8, 4) is 0 Å². The number of ether oxygens (including phenoxy) is 1. The van der Waals surface area contributed by atoms with Crippen LogP contribution in [0.1, 0.15) is 40.3 Å². The Kier molecular flexibility index (Phi) is 6.05. The van der Waals surface area contributed by atoms with Gasteiger partial charge in [-0.05, 0) is 23.3 Å². The van der Waals surface area contributed by atoms with E-state index in [1.54, 1.807) is 19.4 Å². The van der Waals surface area contributed by atoms with Crippen molar-refractivity contribution in [2.24, 2.45) is 4.99 Å². The highest BCUT2D eigenvalue weighted by Crippen LogP contribution is 2.25. The van der Waals surface area contributed by atoms with Gasteiger partial charge in [-0.3, -0.25) is 14.8 Å². The highest BCUT2D eigenvalue weighted by atomic mass is 19.1. The summed E-state index contributed by atoms with van der Waals surface area (Å²) in [4.78, 5) is 25.3. The molecule has 0 radical (unpaired) electrons. The van der Waals surface area contributed by atoms with Gasteiger partial charge in [0.2, 0.25) is 5.95 Å². The van der Waals surface area contributed by atoms with E-state index in [-0.39, 0.29) is 18.1 Å². The molecule has 1 atom stereocenters. The molecule has 2 aromatic heterocycles. The smallest absolute Gasteiger partial charge is 0.213 e. The zero-order valence-electron chi connectivity index (χ0n) is 16.7. The van der Waals surface area contributed by atoms with Gasteiger partial charge in [-0.25, -0.2) is 4.98 Å². The number of methoxy groups -OCH3 is 1. The van der Waals surface area contributed by atoms with Crippen molar-refractivity contribution >= 4 is 11.5 Å². The number of nitrogens with zero attached hydrogens (tertiary/aromatic N) is 3.